The molecule has 9 nitrogen and oxygen atoms in total. The minimum atomic E-state index is -0.296. The number of fused-ring (bicyclic) bond motifs is 1. The number of likely N-dealkylation sites (N-methyl/N-ethyl adjacent to an activating group) is 1. The minimum absolute atomic E-state index is 0. The van der Waals surface area contributed by atoms with Crippen LogP contribution in [0.25, 0.3) is 16.9 Å². The van der Waals surface area contributed by atoms with E-state index in [1.807, 2.05) is 49.8 Å². The molecule has 4 aromatic rings. The van der Waals surface area contributed by atoms with Gasteiger partial charge in [-0.25, -0.2) is 9.97 Å². The van der Waals surface area contributed by atoms with Crippen LogP contribution >= 0.6 is 23.9 Å². The number of hydrogen-bond donors (Lipinski definition) is 3. The van der Waals surface area contributed by atoms with Gasteiger partial charge >= 0.3 is 0 Å². The first-order chi connectivity index (χ1) is 14.4. The molecule has 3 N–H and O–H groups in total. The third-order valence-electron chi connectivity index (χ3n) is 5.18. The number of anilines is 2. The standard InChI is InChI=1S/C20H26N8OS.ClH/c1-5-27(20(3,4)12-29)11-15-6-17(30-26-15)25-18-19-21-9-16(14-7-22-23-8-14)28(19)10-13(2)24-18;/h6-10,29H,5,11-12H2,1-4H3,(H,22,23)(H,24,25);1H. The van der Waals surface area contributed by atoms with Crippen molar-refractivity contribution in [3.05, 3.63) is 42.2 Å². The Hall–Kier alpha value is -2.53. The van der Waals surface area contributed by atoms with Gasteiger partial charge in [0.1, 0.15) is 5.00 Å². The summed E-state index contributed by atoms with van der Waals surface area (Å²) in [6.45, 7) is 9.71. The summed E-state index contributed by atoms with van der Waals surface area (Å²) >= 11 is 1.39. The molecule has 4 aromatic heterocycles. The largest absolute Gasteiger partial charge is 0.394 e. The highest BCUT2D eigenvalue weighted by atomic mass is 35.5. The van der Waals surface area contributed by atoms with Crippen molar-refractivity contribution in [3.63, 3.8) is 0 Å². The number of rotatable bonds is 8. The van der Waals surface area contributed by atoms with Crippen molar-refractivity contribution in [1.82, 2.24) is 33.8 Å². The fourth-order valence-electron chi connectivity index (χ4n) is 3.41. The van der Waals surface area contributed by atoms with Crippen molar-refractivity contribution in [2.75, 3.05) is 18.5 Å². The average Bonchev–Trinajstić information content (AvgIpc) is 3.46. The van der Waals surface area contributed by atoms with Crippen LogP contribution in [-0.2, 0) is 6.54 Å². The van der Waals surface area contributed by atoms with Gasteiger partial charge in [-0.2, -0.15) is 9.47 Å². The maximum atomic E-state index is 9.68. The third-order valence-corrected chi connectivity index (χ3v) is 5.93. The van der Waals surface area contributed by atoms with E-state index in [9.17, 15) is 5.11 Å². The van der Waals surface area contributed by atoms with E-state index in [2.05, 4.69) is 41.7 Å². The van der Waals surface area contributed by atoms with Crippen molar-refractivity contribution in [3.8, 4) is 11.3 Å². The van der Waals surface area contributed by atoms with Crippen molar-refractivity contribution in [2.24, 2.45) is 0 Å². The van der Waals surface area contributed by atoms with E-state index in [1.165, 1.54) is 11.5 Å². The molecule has 0 atom stereocenters. The Morgan fingerprint density at radius 1 is 1.32 bits per heavy atom. The number of aromatic nitrogens is 6. The summed E-state index contributed by atoms with van der Waals surface area (Å²) < 4.78 is 6.60. The molecule has 0 aromatic carbocycles. The van der Waals surface area contributed by atoms with Crippen LogP contribution in [0.2, 0.25) is 0 Å². The minimum Gasteiger partial charge on any atom is -0.394 e. The Bertz CT molecular complexity index is 1140. The van der Waals surface area contributed by atoms with Gasteiger partial charge in [0, 0.05) is 30.0 Å². The summed E-state index contributed by atoms with van der Waals surface area (Å²) in [5.74, 6) is 0.683. The second-order valence-corrected chi connectivity index (χ2v) is 8.65. The molecule has 0 bridgehead atoms. The molecular weight excluding hydrogens is 436 g/mol. The third kappa shape index (κ3) is 4.72. The molecule has 0 spiro atoms. The summed E-state index contributed by atoms with van der Waals surface area (Å²) in [6, 6.07) is 2.03. The van der Waals surface area contributed by atoms with Crippen LogP contribution in [0.1, 0.15) is 32.2 Å². The van der Waals surface area contributed by atoms with Crippen molar-refractivity contribution >= 4 is 40.4 Å². The van der Waals surface area contributed by atoms with Crippen LogP contribution in [-0.4, -0.2) is 57.6 Å². The fourth-order valence-corrected chi connectivity index (χ4v) is 4.07. The molecule has 11 heteroatoms. The molecule has 4 rings (SSSR count). The molecule has 0 aliphatic heterocycles. The highest BCUT2D eigenvalue weighted by molar-refractivity contribution is 7.10. The lowest BCUT2D eigenvalue weighted by Gasteiger charge is -2.35. The van der Waals surface area contributed by atoms with Crippen LogP contribution < -0.4 is 5.32 Å². The monoisotopic (exact) mass is 462 g/mol. The summed E-state index contributed by atoms with van der Waals surface area (Å²) in [5, 5.41) is 20.8. The van der Waals surface area contributed by atoms with E-state index < -0.39 is 0 Å². The van der Waals surface area contributed by atoms with Gasteiger partial charge in [0.15, 0.2) is 11.5 Å². The Labute approximate surface area is 191 Å². The zero-order chi connectivity index (χ0) is 21.3. The molecule has 0 amide bonds. The fraction of sp³-hybridized carbons (Fsp3) is 0.400. The normalized spacial score (nSPS) is 11.8. The van der Waals surface area contributed by atoms with Crippen molar-refractivity contribution < 1.29 is 5.11 Å². The molecule has 0 saturated heterocycles. The van der Waals surface area contributed by atoms with E-state index in [0.29, 0.717) is 12.4 Å². The summed E-state index contributed by atoms with van der Waals surface area (Å²) in [4.78, 5) is 11.4. The van der Waals surface area contributed by atoms with Crippen molar-refractivity contribution in [1.29, 1.82) is 0 Å². The first-order valence-electron chi connectivity index (χ1n) is 9.83. The average molecular weight is 463 g/mol. The Balaban J connectivity index is 0.00000272. The predicted molar refractivity (Wildman–Crippen MR) is 125 cm³/mol. The first kappa shape index (κ1) is 23.1. The molecule has 0 aliphatic rings. The quantitative estimate of drug-likeness (QED) is 0.367. The number of aryl methyl sites for hydroxylation is 1. The lowest BCUT2D eigenvalue weighted by molar-refractivity contribution is 0.0544. The zero-order valence-corrected chi connectivity index (χ0v) is 19.6. The lowest BCUT2D eigenvalue weighted by Crippen LogP contribution is -2.46. The number of hydrogen-bond acceptors (Lipinski definition) is 8. The zero-order valence-electron chi connectivity index (χ0n) is 18.0. The SMILES string of the molecule is CCN(Cc1cc(Nc2nc(C)cn3c(-c4cn[nH]c4)cnc23)sn1)C(C)(C)CO.Cl. The molecule has 0 saturated carbocycles. The van der Waals surface area contributed by atoms with Crippen LogP contribution in [0.15, 0.2) is 30.9 Å². The van der Waals surface area contributed by atoms with Crippen LogP contribution in [0.3, 0.4) is 0 Å². The van der Waals surface area contributed by atoms with Crippen molar-refractivity contribution in [2.45, 2.75) is 39.8 Å². The van der Waals surface area contributed by atoms with E-state index in [1.54, 1.807) is 6.20 Å². The number of nitrogens with zero attached hydrogens (tertiary/aromatic N) is 6. The van der Waals surface area contributed by atoms with Crippen LogP contribution in [0.4, 0.5) is 10.8 Å². The number of aliphatic hydroxyl groups is 1. The summed E-state index contributed by atoms with van der Waals surface area (Å²) in [6.07, 6.45) is 7.40. The molecule has 0 radical (unpaired) electrons. The van der Waals surface area contributed by atoms with Gasteiger partial charge in [0.25, 0.3) is 0 Å². The van der Waals surface area contributed by atoms with E-state index in [4.69, 9.17) is 0 Å². The molecular formula is C20H27ClN8OS. The highest BCUT2D eigenvalue weighted by Gasteiger charge is 2.25. The summed E-state index contributed by atoms with van der Waals surface area (Å²) in [5.41, 5.74) is 4.18. The topological polar surface area (TPSA) is 107 Å². The smallest absolute Gasteiger partial charge is 0.180 e. The van der Waals surface area contributed by atoms with E-state index >= 15 is 0 Å². The molecule has 4 heterocycles. The van der Waals surface area contributed by atoms with Crippen LogP contribution in [0, 0.1) is 6.92 Å². The Morgan fingerprint density at radius 3 is 2.81 bits per heavy atom. The maximum Gasteiger partial charge on any atom is 0.180 e. The molecule has 166 valence electrons. The van der Waals surface area contributed by atoms with Gasteiger partial charge in [0.2, 0.25) is 0 Å². The first-order valence-corrected chi connectivity index (χ1v) is 10.6. The number of aliphatic hydroxyl groups excluding tert-OH is 1. The van der Waals surface area contributed by atoms with Gasteiger partial charge in [-0.05, 0) is 44.9 Å². The number of nitrogens with one attached hydrogen (secondary N) is 2. The van der Waals surface area contributed by atoms with E-state index in [0.717, 1.165) is 39.8 Å². The molecule has 0 aliphatic carbocycles. The Morgan fingerprint density at radius 2 is 2.13 bits per heavy atom. The van der Waals surface area contributed by atoms with Gasteiger partial charge in [-0.3, -0.25) is 14.4 Å². The van der Waals surface area contributed by atoms with Gasteiger partial charge < -0.3 is 10.4 Å². The summed E-state index contributed by atoms with van der Waals surface area (Å²) in [7, 11) is 0. The number of halogens is 1. The molecule has 31 heavy (non-hydrogen) atoms. The predicted octanol–water partition coefficient (Wildman–Crippen LogP) is 3.64. The molecule has 0 fully saturated rings. The van der Waals surface area contributed by atoms with E-state index in [-0.39, 0.29) is 24.6 Å². The number of imidazole rings is 1. The number of aromatic amines is 1. The van der Waals surface area contributed by atoms with Gasteiger partial charge in [0.05, 0.1) is 36.1 Å². The second-order valence-electron chi connectivity index (χ2n) is 7.85. The number of H-pyrrole nitrogens is 1. The molecule has 0 unspecified atom stereocenters. The van der Waals surface area contributed by atoms with Crippen LogP contribution in [0.5, 0.6) is 0 Å². The van der Waals surface area contributed by atoms with Gasteiger partial charge in [-0.1, -0.05) is 6.92 Å². The maximum absolute atomic E-state index is 9.68. The Kier molecular flexibility index (Phi) is 6.95. The van der Waals surface area contributed by atoms with Gasteiger partial charge in [-0.15, -0.1) is 12.4 Å². The lowest BCUT2D eigenvalue weighted by atomic mass is 10.0. The highest BCUT2D eigenvalue weighted by Crippen LogP contribution is 2.28. The second kappa shape index (κ2) is 9.31.